The smallest absolute Gasteiger partial charge is 0.129 e. The van der Waals surface area contributed by atoms with Crippen LogP contribution in [0.25, 0.3) is 10.9 Å². The van der Waals surface area contributed by atoms with Crippen LogP contribution in [0.5, 0.6) is 0 Å². The van der Waals surface area contributed by atoms with Crippen LogP contribution in [0.15, 0.2) is 24.3 Å². The van der Waals surface area contributed by atoms with E-state index < -0.39 is 0 Å². The largest absolute Gasteiger partial charge is 0.360 e. The van der Waals surface area contributed by atoms with E-state index in [9.17, 15) is 0 Å². The topological polar surface area (TPSA) is 19.4 Å². The third kappa shape index (κ3) is 4.08. The van der Waals surface area contributed by atoms with E-state index in [0.717, 1.165) is 42.4 Å². The van der Waals surface area contributed by atoms with Crippen molar-refractivity contribution in [3.8, 4) is 0 Å². The predicted molar refractivity (Wildman–Crippen MR) is 92.5 cm³/mol. The lowest BCUT2D eigenvalue weighted by Crippen LogP contribution is -2.25. The van der Waals surface area contributed by atoms with Gasteiger partial charge in [-0.25, -0.2) is 4.98 Å². The van der Waals surface area contributed by atoms with Gasteiger partial charge < -0.3 is 9.80 Å². The SMILES string of the molecule is CCN(C)CCCN(C)c1cc(C)c2ccc(Cl)cc2n1. The molecule has 0 fully saturated rings. The highest BCUT2D eigenvalue weighted by Gasteiger charge is 2.07. The summed E-state index contributed by atoms with van der Waals surface area (Å²) < 4.78 is 0. The van der Waals surface area contributed by atoms with Crippen molar-refractivity contribution >= 4 is 28.3 Å². The Balaban J connectivity index is 2.14. The number of aryl methyl sites for hydroxylation is 1. The molecule has 0 unspecified atom stereocenters. The highest BCUT2D eigenvalue weighted by molar-refractivity contribution is 6.31. The van der Waals surface area contributed by atoms with Crippen molar-refractivity contribution in [3.63, 3.8) is 0 Å². The molecular weight excluding hydrogens is 282 g/mol. The van der Waals surface area contributed by atoms with Gasteiger partial charge >= 0.3 is 0 Å². The molecule has 0 radical (unpaired) electrons. The van der Waals surface area contributed by atoms with Crippen LogP contribution in [0.2, 0.25) is 5.02 Å². The van der Waals surface area contributed by atoms with E-state index in [0.29, 0.717) is 0 Å². The van der Waals surface area contributed by atoms with E-state index in [4.69, 9.17) is 16.6 Å². The summed E-state index contributed by atoms with van der Waals surface area (Å²) in [5.41, 5.74) is 2.21. The van der Waals surface area contributed by atoms with E-state index in [1.54, 1.807) is 0 Å². The molecule has 1 aromatic heterocycles. The number of halogens is 1. The molecule has 0 aliphatic carbocycles. The molecule has 0 aliphatic heterocycles. The van der Waals surface area contributed by atoms with Crippen molar-refractivity contribution in [2.24, 2.45) is 0 Å². The molecule has 0 amide bonds. The van der Waals surface area contributed by atoms with E-state index >= 15 is 0 Å². The first-order chi connectivity index (χ1) is 10.0. The molecule has 0 saturated carbocycles. The Morgan fingerprint density at radius 1 is 1.14 bits per heavy atom. The number of nitrogens with zero attached hydrogens (tertiary/aromatic N) is 3. The fourth-order valence-electron chi connectivity index (χ4n) is 2.40. The van der Waals surface area contributed by atoms with Crippen LogP contribution < -0.4 is 4.90 Å². The molecule has 1 aromatic carbocycles. The van der Waals surface area contributed by atoms with Crippen molar-refractivity contribution in [2.75, 3.05) is 38.6 Å². The van der Waals surface area contributed by atoms with Crippen molar-refractivity contribution in [2.45, 2.75) is 20.3 Å². The summed E-state index contributed by atoms with van der Waals surface area (Å²) in [5.74, 6) is 1.02. The second-order valence-electron chi connectivity index (χ2n) is 5.63. The molecule has 0 atom stereocenters. The van der Waals surface area contributed by atoms with Crippen molar-refractivity contribution in [1.29, 1.82) is 0 Å². The first-order valence-electron chi connectivity index (χ1n) is 7.48. The number of hydrogen-bond donors (Lipinski definition) is 0. The lowest BCUT2D eigenvalue weighted by molar-refractivity contribution is 0.348. The number of pyridine rings is 1. The van der Waals surface area contributed by atoms with E-state index in [1.807, 2.05) is 18.2 Å². The molecule has 0 N–H and O–H groups in total. The minimum Gasteiger partial charge on any atom is -0.360 e. The van der Waals surface area contributed by atoms with Crippen LogP contribution in [-0.2, 0) is 0 Å². The van der Waals surface area contributed by atoms with Gasteiger partial charge in [-0.2, -0.15) is 0 Å². The second-order valence-corrected chi connectivity index (χ2v) is 6.07. The zero-order valence-corrected chi connectivity index (χ0v) is 14.1. The minimum absolute atomic E-state index is 0.735. The van der Waals surface area contributed by atoms with Gasteiger partial charge in [-0.05, 0) is 57.2 Å². The van der Waals surface area contributed by atoms with E-state index in [1.165, 1.54) is 10.9 Å². The molecule has 2 aromatic rings. The fraction of sp³-hybridized carbons (Fsp3) is 0.471. The van der Waals surface area contributed by atoms with Crippen molar-refractivity contribution in [3.05, 3.63) is 34.9 Å². The Morgan fingerprint density at radius 2 is 1.90 bits per heavy atom. The van der Waals surface area contributed by atoms with Crippen LogP contribution in [0.4, 0.5) is 5.82 Å². The summed E-state index contributed by atoms with van der Waals surface area (Å²) >= 11 is 6.08. The Labute approximate surface area is 132 Å². The number of benzene rings is 1. The van der Waals surface area contributed by atoms with Crippen LogP contribution in [0.1, 0.15) is 18.9 Å². The third-order valence-corrected chi connectivity index (χ3v) is 4.16. The Morgan fingerprint density at radius 3 is 2.62 bits per heavy atom. The summed E-state index contributed by atoms with van der Waals surface area (Å²) in [6.07, 6.45) is 1.13. The summed E-state index contributed by atoms with van der Waals surface area (Å²) in [6, 6.07) is 8.05. The Bertz CT molecular complexity index is 612. The average molecular weight is 306 g/mol. The second kappa shape index (κ2) is 7.10. The molecule has 2 rings (SSSR count). The quantitative estimate of drug-likeness (QED) is 0.805. The van der Waals surface area contributed by atoms with Gasteiger partial charge in [0, 0.05) is 24.0 Å². The minimum atomic E-state index is 0.735. The van der Waals surface area contributed by atoms with Crippen LogP contribution in [-0.4, -0.2) is 43.6 Å². The maximum atomic E-state index is 6.08. The lowest BCUT2D eigenvalue weighted by atomic mass is 10.1. The molecule has 0 saturated heterocycles. The molecule has 0 aliphatic rings. The molecule has 3 nitrogen and oxygen atoms in total. The summed E-state index contributed by atoms with van der Waals surface area (Å²) in [6.45, 7) is 7.51. The van der Waals surface area contributed by atoms with Crippen LogP contribution in [0.3, 0.4) is 0 Å². The molecule has 21 heavy (non-hydrogen) atoms. The molecule has 0 bridgehead atoms. The Kier molecular flexibility index (Phi) is 5.43. The summed E-state index contributed by atoms with van der Waals surface area (Å²) in [5, 5.41) is 1.90. The average Bonchev–Trinajstić information content (AvgIpc) is 2.46. The van der Waals surface area contributed by atoms with Crippen LogP contribution >= 0.6 is 11.6 Å². The summed E-state index contributed by atoms with van der Waals surface area (Å²) in [7, 11) is 4.25. The Hall–Kier alpha value is -1.32. The van der Waals surface area contributed by atoms with Gasteiger partial charge in [0.25, 0.3) is 0 Å². The number of aromatic nitrogens is 1. The molecule has 0 spiro atoms. The van der Waals surface area contributed by atoms with Gasteiger partial charge in [-0.1, -0.05) is 24.6 Å². The highest BCUT2D eigenvalue weighted by atomic mass is 35.5. The van der Waals surface area contributed by atoms with Gasteiger partial charge in [0.05, 0.1) is 5.52 Å². The number of rotatable bonds is 6. The van der Waals surface area contributed by atoms with Gasteiger partial charge in [0.15, 0.2) is 0 Å². The zero-order valence-electron chi connectivity index (χ0n) is 13.4. The maximum Gasteiger partial charge on any atom is 0.129 e. The normalized spacial score (nSPS) is 11.3. The first kappa shape index (κ1) is 16.1. The van der Waals surface area contributed by atoms with Gasteiger partial charge in [-0.3, -0.25) is 0 Å². The lowest BCUT2D eigenvalue weighted by Gasteiger charge is -2.21. The number of anilines is 1. The molecule has 1 heterocycles. The number of fused-ring (bicyclic) bond motifs is 1. The highest BCUT2D eigenvalue weighted by Crippen LogP contribution is 2.24. The maximum absolute atomic E-state index is 6.08. The monoisotopic (exact) mass is 305 g/mol. The van der Waals surface area contributed by atoms with Crippen molar-refractivity contribution < 1.29 is 0 Å². The zero-order chi connectivity index (χ0) is 15.4. The van der Waals surface area contributed by atoms with Crippen molar-refractivity contribution in [1.82, 2.24) is 9.88 Å². The van der Waals surface area contributed by atoms with E-state index in [2.05, 4.69) is 43.8 Å². The summed E-state index contributed by atoms with van der Waals surface area (Å²) in [4.78, 5) is 9.29. The molecule has 114 valence electrons. The standard InChI is InChI=1S/C17H24ClN3/c1-5-20(3)9-6-10-21(4)17-11-13(2)15-8-7-14(18)12-16(15)19-17/h7-8,11-12H,5-6,9-10H2,1-4H3. The van der Waals surface area contributed by atoms with Gasteiger partial charge in [-0.15, -0.1) is 0 Å². The fourth-order valence-corrected chi connectivity index (χ4v) is 2.57. The number of hydrogen-bond acceptors (Lipinski definition) is 3. The molecule has 4 heteroatoms. The van der Waals surface area contributed by atoms with Gasteiger partial charge in [0.1, 0.15) is 5.82 Å². The third-order valence-electron chi connectivity index (χ3n) is 3.93. The predicted octanol–water partition coefficient (Wildman–Crippen LogP) is 3.97. The van der Waals surface area contributed by atoms with E-state index in [-0.39, 0.29) is 0 Å². The first-order valence-corrected chi connectivity index (χ1v) is 7.85. The van der Waals surface area contributed by atoms with Crippen LogP contribution in [0, 0.1) is 6.92 Å². The van der Waals surface area contributed by atoms with Gasteiger partial charge in [0.2, 0.25) is 0 Å². The molecular formula is C17H24ClN3.